The molecule has 0 aliphatic heterocycles. The van der Waals surface area contributed by atoms with Gasteiger partial charge in [0.25, 0.3) is 0 Å². The van der Waals surface area contributed by atoms with E-state index in [9.17, 15) is 4.79 Å². The largest absolute Gasteiger partial charge is 0.444 e. The van der Waals surface area contributed by atoms with Gasteiger partial charge in [-0.05, 0) is 13.0 Å². The molecule has 0 spiro atoms. The molecule has 2 N–H and O–H groups in total. The molecule has 0 aliphatic rings. The Hall–Kier alpha value is -0.970. The van der Waals surface area contributed by atoms with Crippen molar-refractivity contribution in [1.82, 2.24) is 0 Å². The first-order valence-electron chi connectivity index (χ1n) is 4.90. The second-order valence-corrected chi connectivity index (χ2v) is 4.23. The molecule has 0 saturated carbocycles. The monoisotopic (exact) mass is 277 g/mol. The van der Waals surface area contributed by atoms with Crippen LogP contribution in [0, 0.1) is 0 Å². The molecular weight excluding hydrogens is 265 g/mol. The van der Waals surface area contributed by atoms with Crippen LogP contribution in [-0.4, -0.2) is 19.3 Å². The lowest BCUT2D eigenvalue weighted by Gasteiger charge is -2.23. The van der Waals surface area contributed by atoms with E-state index in [1.54, 1.807) is 25.1 Å². The second-order valence-electron chi connectivity index (χ2n) is 3.44. The molecule has 1 amide bonds. The van der Waals surface area contributed by atoms with Gasteiger partial charge in [-0.15, -0.1) is 0 Å². The van der Waals surface area contributed by atoms with Crippen LogP contribution in [0.3, 0.4) is 0 Å². The predicted octanol–water partition coefficient (Wildman–Crippen LogP) is 3.16. The Morgan fingerprint density at radius 1 is 1.41 bits per heavy atom. The molecule has 0 saturated heterocycles. The minimum atomic E-state index is -0.863. The number of amides is 1. The summed E-state index contributed by atoms with van der Waals surface area (Å²) in [5.74, 6) is 0. The average Bonchev–Trinajstić information content (AvgIpc) is 2.24. The lowest BCUT2D eigenvalue weighted by atomic mass is 10.1. The van der Waals surface area contributed by atoms with E-state index < -0.39 is 18.3 Å². The van der Waals surface area contributed by atoms with E-state index in [0.717, 1.165) is 0 Å². The highest BCUT2D eigenvalue weighted by Gasteiger charge is 2.24. The van der Waals surface area contributed by atoms with Gasteiger partial charge in [-0.25, -0.2) is 4.79 Å². The summed E-state index contributed by atoms with van der Waals surface area (Å²) in [6.45, 7) is 1.66. The number of halogens is 2. The van der Waals surface area contributed by atoms with Crippen molar-refractivity contribution in [2.24, 2.45) is 5.73 Å². The minimum absolute atomic E-state index is 0.376. The number of rotatable bonds is 4. The van der Waals surface area contributed by atoms with E-state index in [-0.39, 0.29) is 0 Å². The summed E-state index contributed by atoms with van der Waals surface area (Å²) in [7, 11) is 1.49. The number of benzene rings is 1. The lowest BCUT2D eigenvalue weighted by molar-refractivity contribution is -0.0120. The number of hydrogen-bond donors (Lipinski definition) is 1. The summed E-state index contributed by atoms with van der Waals surface area (Å²) >= 11 is 12.0. The highest BCUT2D eigenvalue weighted by Crippen LogP contribution is 2.33. The zero-order valence-corrected chi connectivity index (χ0v) is 11.0. The van der Waals surface area contributed by atoms with Crippen LogP contribution in [0.15, 0.2) is 18.2 Å². The van der Waals surface area contributed by atoms with E-state index in [0.29, 0.717) is 15.6 Å². The number of carbonyl (C=O) groups is 1. The Labute approximate surface area is 110 Å². The number of methoxy groups -OCH3 is 1. The molecule has 1 aromatic rings. The molecule has 0 aromatic heterocycles. The van der Waals surface area contributed by atoms with E-state index in [1.807, 2.05) is 0 Å². The van der Waals surface area contributed by atoms with E-state index in [1.165, 1.54) is 7.11 Å². The van der Waals surface area contributed by atoms with Crippen LogP contribution in [0.25, 0.3) is 0 Å². The lowest BCUT2D eigenvalue weighted by Crippen LogP contribution is -2.27. The van der Waals surface area contributed by atoms with Gasteiger partial charge in [-0.2, -0.15) is 0 Å². The van der Waals surface area contributed by atoms with Crippen molar-refractivity contribution >= 4 is 29.3 Å². The number of primary amides is 1. The molecule has 0 unspecified atom stereocenters. The molecule has 0 aliphatic carbocycles. The summed E-state index contributed by atoms with van der Waals surface area (Å²) < 4.78 is 10.1. The Morgan fingerprint density at radius 2 is 2.06 bits per heavy atom. The summed E-state index contributed by atoms with van der Waals surface area (Å²) in [6.07, 6.45) is -1.94. The summed E-state index contributed by atoms with van der Waals surface area (Å²) in [6, 6.07) is 5.16. The molecule has 4 nitrogen and oxygen atoms in total. The van der Waals surface area contributed by atoms with Gasteiger partial charge in [-0.3, -0.25) is 0 Å². The molecule has 0 heterocycles. The first-order valence-corrected chi connectivity index (χ1v) is 5.65. The van der Waals surface area contributed by atoms with Gasteiger partial charge in [0, 0.05) is 12.7 Å². The van der Waals surface area contributed by atoms with Crippen molar-refractivity contribution in [2.45, 2.75) is 19.1 Å². The van der Waals surface area contributed by atoms with Gasteiger partial charge < -0.3 is 15.2 Å². The van der Waals surface area contributed by atoms with Crippen LogP contribution in [0.2, 0.25) is 10.0 Å². The topological polar surface area (TPSA) is 61.6 Å². The van der Waals surface area contributed by atoms with E-state index >= 15 is 0 Å². The van der Waals surface area contributed by atoms with Crippen LogP contribution < -0.4 is 5.73 Å². The molecular formula is C11H13Cl2NO3. The fraction of sp³-hybridized carbons (Fsp3) is 0.364. The summed E-state index contributed by atoms with van der Waals surface area (Å²) in [5, 5.41) is 0.790. The van der Waals surface area contributed by atoms with Crippen LogP contribution in [0.1, 0.15) is 18.6 Å². The molecule has 0 fully saturated rings. The molecule has 0 radical (unpaired) electrons. The van der Waals surface area contributed by atoms with Gasteiger partial charge >= 0.3 is 6.09 Å². The highest BCUT2D eigenvalue weighted by molar-refractivity contribution is 6.42. The normalized spacial score (nSPS) is 14.1. The van der Waals surface area contributed by atoms with Crippen LogP contribution in [0.5, 0.6) is 0 Å². The van der Waals surface area contributed by atoms with Crippen LogP contribution >= 0.6 is 23.2 Å². The smallest absolute Gasteiger partial charge is 0.404 e. The maximum atomic E-state index is 10.7. The van der Waals surface area contributed by atoms with Crippen molar-refractivity contribution in [3.63, 3.8) is 0 Å². The van der Waals surface area contributed by atoms with Crippen molar-refractivity contribution < 1.29 is 14.3 Å². The Balaban J connectivity index is 3.01. The minimum Gasteiger partial charge on any atom is -0.444 e. The number of carbonyl (C=O) groups excluding carboxylic acids is 1. The highest BCUT2D eigenvalue weighted by atomic mass is 35.5. The fourth-order valence-corrected chi connectivity index (χ4v) is 1.97. The number of ether oxygens (including phenoxy) is 2. The zero-order valence-electron chi connectivity index (χ0n) is 9.44. The molecule has 17 heavy (non-hydrogen) atoms. The van der Waals surface area contributed by atoms with Gasteiger partial charge in [0.2, 0.25) is 0 Å². The maximum absolute atomic E-state index is 10.7. The first kappa shape index (κ1) is 14.1. The Bertz CT molecular complexity index is 412. The van der Waals surface area contributed by atoms with Crippen molar-refractivity contribution in [3.05, 3.63) is 33.8 Å². The van der Waals surface area contributed by atoms with Gasteiger partial charge in [0.1, 0.15) is 12.2 Å². The Morgan fingerprint density at radius 3 is 2.59 bits per heavy atom. The molecule has 2 atom stereocenters. The SMILES string of the molecule is CO[C@@H](c1cccc(Cl)c1Cl)[C@H](C)OC(N)=O. The number of hydrogen-bond acceptors (Lipinski definition) is 3. The zero-order chi connectivity index (χ0) is 13.0. The summed E-state index contributed by atoms with van der Waals surface area (Å²) in [4.78, 5) is 10.7. The molecule has 1 aromatic carbocycles. The standard InChI is InChI=1S/C11H13Cl2NO3/c1-6(17-11(14)15)10(16-2)7-4-3-5-8(12)9(7)13/h3-6,10H,1-2H3,(H2,14,15)/t6-,10+/m0/s1. The van der Waals surface area contributed by atoms with E-state index in [2.05, 4.69) is 0 Å². The summed E-state index contributed by atoms with van der Waals surface area (Å²) in [5.41, 5.74) is 5.60. The molecule has 6 heteroatoms. The van der Waals surface area contributed by atoms with Gasteiger partial charge in [0.05, 0.1) is 10.0 Å². The third-order valence-electron chi connectivity index (χ3n) is 2.27. The van der Waals surface area contributed by atoms with Crippen molar-refractivity contribution in [3.8, 4) is 0 Å². The molecule has 0 bridgehead atoms. The average molecular weight is 278 g/mol. The third-order valence-corrected chi connectivity index (χ3v) is 3.10. The van der Waals surface area contributed by atoms with Crippen LogP contribution in [-0.2, 0) is 9.47 Å². The second kappa shape index (κ2) is 6.10. The van der Waals surface area contributed by atoms with Gasteiger partial charge in [0.15, 0.2) is 0 Å². The Kier molecular flexibility index (Phi) is 5.05. The van der Waals surface area contributed by atoms with Crippen molar-refractivity contribution in [2.75, 3.05) is 7.11 Å². The maximum Gasteiger partial charge on any atom is 0.404 e. The predicted molar refractivity (Wildman–Crippen MR) is 66.3 cm³/mol. The number of nitrogens with two attached hydrogens (primary N) is 1. The van der Waals surface area contributed by atoms with E-state index in [4.69, 9.17) is 38.4 Å². The third kappa shape index (κ3) is 3.49. The first-order chi connectivity index (χ1) is 7.97. The van der Waals surface area contributed by atoms with Crippen molar-refractivity contribution in [1.29, 1.82) is 0 Å². The quantitative estimate of drug-likeness (QED) is 0.920. The molecule has 1 rings (SSSR count). The fourth-order valence-electron chi connectivity index (χ4n) is 1.56. The molecule has 94 valence electrons. The van der Waals surface area contributed by atoms with Gasteiger partial charge in [-0.1, -0.05) is 35.3 Å². The van der Waals surface area contributed by atoms with Crippen LogP contribution in [0.4, 0.5) is 4.79 Å².